The van der Waals surface area contributed by atoms with E-state index in [-0.39, 0.29) is 6.17 Å². The van der Waals surface area contributed by atoms with E-state index in [1.807, 2.05) is 18.3 Å². The van der Waals surface area contributed by atoms with Crippen LogP contribution in [0.25, 0.3) is 0 Å². The lowest BCUT2D eigenvalue weighted by Crippen LogP contribution is -2.36. The van der Waals surface area contributed by atoms with E-state index in [4.69, 9.17) is 5.73 Å². The van der Waals surface area contributed by atoms with Crippen LogP contribution in [-0.4, -0.2) is 11.1 Å². The topological polar surface area (TPSA) is 50.9 Å². The largest absolute Gasteiger partial charge is 0.355 e. The molecule has 1 saturated carbocycles. The first kappa shape index (κ1) is 11.1. The smallest absolute Gasteiger partial charge is 0.127 e. The number of pyridine rings is 1. The molecule has 0 bridgehead atoms. The summed E-state index contributed by atoms with van der Waals surface area (Å²) in [7, 11) is 0. The molecule has 0 radical (unpaired) electrons. The lowest BCUT2D eigenvalue weighted by molar-refractivity contribution is 0.466. The predicted octanol–water partition coefficient (Wildman–Crippen LogP) is 2.57. The molecule has 1 atom stereocenters. The van der Waals surface area contributed by atoms with Crippen molar-refractivity contribution in [2.75, 3.05) is 5.32 Å². The Hall–Kier alpha value is -0.360. The molecule has 0 spiro atoms. The van der Waals surface area contributed by atoms with Gasteiger partial charge in [0.2, 0.25) is 0 Å². The maximum absolute atomic E-state index is 6.10. The molecule has 1 heterocycles. The van der Waals surface area contributed by atoms with E-state index in [9.17, 15) is 0 Å². The summed E-state index contributed by atoms with van der Waals surface area (Å²) >= 11 is 2.25. The third-order valence-corrected chi connectivity index (χ3v) is 3.59. The number of aromatic nitrogens is 1. The highest BCUT2D eigenvalue weighted by atomic mass is 127. The summed E-state index contributed by atoms with van der Waals surface area (Å²) in [5, 5.41) is 3.27. The molecule has 3 N–H and O–H groups in total. The average molecular weight is 317 g/mol. The zero-order valence-corrected chi connectivity index (χ0v) is 10.8. The molecule has 15 heavy (non-hydrogen) atoms. The Morgan fingerprint density at radius 1 is 1.40 bits per heavy atom. The van der Waals surface area contributed by atoms with Gasteiger partial charge in [0.15, 0.2) is 0 Å². The van der Waals surface area contributed by atoms with Crippen LogP contribution in [0.5, 0.6) is 0 Å². The molecule has 1 aromatic rings. The number of halogens is 1. The number of nitrogens with zero attached hydrogens (tertiary/aromatic N) is 1. The Morgan fingerprint density at radius 3 is 2.73 bits per heavy atom. The van der Waals surface area contributed by atoms with Crippen molar-refractivity contribution in [3.8, 4) is 0 Å². The van der Waals surface area contributed by atoms with E-state index in [1.54, 1.807) is 0 Å². The molecule has 0 aliphatic heterocycles. The minimum atomic E-state index is 0.0556. The predicted molar refractivity (Wildman–Crippen MR) is 70.5 cm³/mol. The minimum Gasteiger partial charge on any atom is -0.355 e. The molecular formula is C11H16IN3. The Kier molecular flexibility index (Phi) is 3.80. The number of rotatable bonds is 3. The van der Waals surface area contributed by atoms with Crippen LogP contribution in [0.2, 0.25) is 0 Å². The lowest BCUT2D eigenvalue weighted by Gasteiger charge is -2.20. The van der Waals surface area contributed by atoms with Crippen molar-refractivity contribution in [1.29, 1.82) is 0 Å². The van der Waals surface area contributed by atoms with E-state index in [0.717, 1.165) is 9.39 Å². The van der Waals surface area contributed by atoms with Crippen LogP contribution in [0.1, 0.15) is 25.7 Å². The summed E-state index contributed by atoms with van der Waals surface area (Å²) in [6, 6.07) is 4.02. The SMILES string of the molecule is NC(Nc1ccc(I)cn1)C1CCCC1. The second-order valence-corrected chi connectivity index (χ2v) is 5.32. The van der Waals surface area contributed by atoms with Gasteiger partial charge in [-0.15, -0.1) is 0 Å². The molecule has 1 aliphatic rings. The molecular weight excluding hydrogens is 301 g/mol. The third kappa shape index (κ3) is 3.04. The number of anilines is 1. The minimum absolute atomic E-state index is 0.0556. The molecule has 1 aromatic heterocycles. The summed E-state index contributed by atoms with van der Waals surface area (Å²) in [5.74, 6) is 1.50. The van der Waals surface area contributed by atoms with E-state index in [2.05, 4.69) is 32.9 Å². The van der Waals surface area contributed by atoms with Gasteiger partial charge in [0, 0.05) is 9.77 Å². The van der Waals surface area contributed by atoms with Gasteiger partial charge in [0.25, 0.3) is 0 Å². The highest BCUT2D eigenvalue weighted by Gasteiger charge is 2.21. The van der Waals surface area contributed by atoms with E-state index in [0.29, 0.717) is 5.92 Å². The van der Waals surface area contributed by atoms with E-state index in [1.165, 1.54) is 25.7 Å². The van der Waals surface area contributed by atoms with Crippen molar-refractivity contribution in [1.82, 2.24) is 4.98 Å². The quantitative estimate of drug-likeness (QED) is 0.665. The fraction of sp³-hybridized carbons (Fsp3) is 0.545. The maximum Gasteiger partial charge on any atom is 0.127 e. The zero-order valence-electron chi connectivity index (χ0n) is 8.62. The van der Waals surface area contributed by atoms with Gasteiger partial charge < -0.3 is 11.1 Å². The first-order valence-electron chi connectivity index (χ1n) is 5.39. The van der Waals surface area contributed by atoms with Gasteiger partial charge >= 0.3 is 0 Å². The molecule has 1 unspecified atom stereocenters. The Balaban J connectivity index is 1.92. The molecule has 1 aliphatic carbocycles. The number of hydrogen-bond acceptors (Lipinski definition) is 3. The van der Waals surface area contributed by atoms with Crippen LogP contribution >= 0.6 is 22.6 Å². The standard InChI is InChI=1S/C11H16IN3/c12-9-5-6-10(14-7-9)15-11(13)8-3-1-2-4-8/h5-8,11H,1-4,13H2,(H,14,15). The van der Waals surface area contributed by atoms with E-state index >= 15 is 0 Å². The summed E-state index contributed by atoms with van der Waals surface area (Å²) in [6.07, 6.45) is 7.04. The first-order chi connectivity index (χ1) is 7.25. The summed E-state index contributed by atoms with van der Waals surface area (Å²) in [5.41, 5.74) is 6.10. The van der Waals surface area contributed by atoms with Crippen molar-refractivity contribution >= 4 is 28.4 Å². The second-order valence-electron chi connectivity index (χ2n) is 4.08. The molecule has 0 aromatic carbocycles. The lowest BCUT2D eigenvalue weighted by atomic mass is 10.1. The average Bonchev–Trinajstić information content (AvgIpc) is 2.74. The summed E-state index contributed by atoms with van der Waals surface area (Å²) in [6.45, 7) is 0. The zero-order chi connectivity index (χ0) is 10.7. The monoisotopic (exact) mass is 317 g/mol. The van der Waals surface area contributed by atoms with Crippen LogP contribution < -0.4 is 11.1 Å². The molecule has 82 valence electrons. The Morgan fingerprint density at radius 2 is 2.13 bits per heavy atom. The molecule has 0 amide bonds. The van der Waals surface area contributed by atoms with Gasteiger partial charge in [-0.25, -0.2) is 4.98 Å². The molecule has 4 heteroatoms. The van der Waals surface area contributed by atoms with Crippen molar-refractivity contribution in [3.05, 3.63) is 21.9 Å². The van der Waals surface area contributed by atoms with E-state index < -0.39 is 0 Å². The normalized spacial score (nSPS) is 19.1. The van der Waals surface area contributed by atoms with Crippen molar-refractivity contribution in [2.45, 2.75) is 31.8 Å². The molecule has 1 fully saturated rings. The number of hydrogen-bond donors (Lipinski definition) is 2. The van der Waals surface area contributed by atoms with Crippen LogP contribution in [-0.2, 0) is 0 Å². The molecule has 0 saturated heterocycles. The molecule has 2 rings (SSSR count). The fourth-order valence-electron chi connectivity index (χ4n) is 2.07. The highest BCUT2D eigenvalue weighted by molar-refractivity contribution is 14.1. The summed E-state index contributed by atoms with van der Waals surface area (Å²) < 4.78 is 1.15. The third-order valence-electron chi connectivity index (χ3n) is 2.95. The second kappa shape index (κ2) is 5.12. The Bertz CT molecular complexity index is 306. The highest BCUT2D eigenvalue weighted by Crippen LogP contribution is 2.27. The van der Waals surface area contributed by atoms with Crippen LogP contribution in [0, 0.1) is 9.49 Å². The van der Waals surface area contributed by atoms with Crippen molar-refractivity contribution in [3.63, 3.8) is 0 Å². The van der Waals surface area contributed by atoms with Gasteiger partial charge in [-0.1, -0.05) is 12.8 Å². The summed E-state index contributed by atoms with van der Waals surface area (Å²) in [4.78, 5) is 4.29. The Labute approximate surface area is 104 Å². The van der Waals surface area contributed by atoms with Crippen molar-refractivity contribution < 1.29 is 0 Å². The van der Waals surface area contributed by atoms with Gasteiger partial charge in [-0.3, -0.25) is 0 Å². The first-order valence-corrected chi connectivity index (χ1v) is 6.47. The van der Waals surface area contributed by atoms with Crippen LogP contribution in [0.4, 0.5) is 5.82 Å². The number of nitrogens with two attached hydrogens (primary N) is 1. The van der Waals surface area contributed by atoms with Gasteiger partial charge in [-0.05, 0) is 53.5 Å². The van der Waals surface area contributed by atoms with Gasteiger partial charge in [0.05, 0.1) is 6.17 Å². The number of nitrogens with one attached hydrogen (secondary N) is 1. The fourth-order valence-corrected chi connectivity index (χ4v) is 2.39. The van der Waals surface area contributed by atoms with Gasteiger partial charge in [0.1, 0.15) is 5.82 Å². The van der Waals surface area contributed by atoms with Crippen molar-refractivity contribution in [2.24, 2.45) is 11.7 Å². The molecule has 3 nitrogen and oxygen atoms in total. The maximum atomic E-state index is 6.10. The van der Waals surface area contributed by atoms with Gasteiger partial charge in [-0.2, -0.15) is 0 Å². The van der Waals surface area contributed by atoms with Crippen LogP contribution in [0.3, 0.4) is 0 Å². The van der Waals surface area contributed by atoms with Crippen LogP contribution in [0.15, 0.2) is 18.3 Å².